The molecule has 1 nitrogen and oxygen atoms in total. The van der Waals surface area contributed by atoms with E-state index in [0.29, 0.717) is 10.0 Å². The molecule has 0 aliphatic rings. The molecule has 0 unspecified atom stereocenters. The molecule has 0 heterocycles. The number of hydrogen-bond acceptors (Lipinski definition) is 1. The number of hydrogen-bond donors (Lipinski definition) is 1. The average Bonchev–Trinajstić information content (AvgIpc) is 2.41. The quantitative estimate of drug-likeness (QED) is 0.794. The van der Waals surface area contributed by atoms with Crippen LogP contribution in [0.15, 0.2) is 36.4 Å². The van der Waals surface area contributed by atoms with Gasteiger partial charge in [-0.2, -0.15) is 0 Å². The van der Waals surface area contributed by atoms with Gasteiger partial charge in [0.2, 0.25) is 0 Å². The first kappa shape index (κ1) is 14.7. The lowest BCUT2D eigenvalue weighted by Gasteiger charge is -2.10. The van der Waals surface area contributed by atoms with Crippen molar-refractivity contribution in [3.05, 3.63) is 57.0 Å². The van der Waals surface area contributed by atoms with E-state index >= 15 is 0 Å². The van der Waals surface area contributed by atoms with Crippen LogP contribution >= 0.6 is 34.8 Å². The lowest BCUT2D eigenvalue weighted by molar-refractivity contribution is 0.727. The standard InChI is InChI=1S/C15H14Cl3N/c1-2-19-9-11-7-10(3-5-14(11)17)13-8-12(16)4-6-15(13)18/h3-8,19H,2,9H2,1H3. The lowest BCUT2D eigenvalue weighted by Crippen LogP contribution is -2.12. The van der Waals surface area contributed by atoms with Crippen molar-refractivity contribution in [3.8, 4) is 11.1 Å². The van der Waals surface area contributed by atoms with Gasteiger partial charge >= 0.3 is 0 Å². The maximum Gasteiger partial charge on any atom is 0.0485 e. The molecule has 0 aliphatic carbocycles. The molecule has 0 spiro atoms. The van der Waals surface area contributed by atoms with Gasteiger partial charge < -0.3 is 5.32 Å². The Morgan fingerprint density at radius 1 is 0.947 bits per heavy atom. The van der Waals surface area contributed by atoms with E-state index in [0.717, 1.165) is 34.8 Å². The molecule has 2 aromatic carbocycles. The summed E-state index contributed by atoms with van der Waals surface area (Å²) in [6.45, 7) is 3.70. The summed E-state index contributed by atoms with van der Waals surface area (Å²) in [6, 6.07) is 11.3. The Morgan fingerprint density at radius 2 is 1.68 bits per heavy atom. The Balaban J connectivity index is 2.42. The molecule has 0 radical (unpaired) electrons. The molecule has 100 valence electrons. The first-order chi connectivity index (χ1) is 9.11. The predicted octanol–water partition coefficient (Wildman–Crippen LogP) is 5.42. The van der Waals surface area contributed by atoms with E-state index in [1.165, 1.54) is 0 Å². The fraction of sp³-hybridized carbons (Fsp3) is 0.200. The summed E-state index contributed by atoms with van der Waals surface area (Å²) in [5.41, 5.74) is 2.99. The maximum atomic E-state index is 6.22. The molecular weight excluding hydrogens is 301 g/mol. The summed E-state index contributed by atoms with van der Waals surface area (Å²) in [7, 11) is 0. The van der Waals surface area contributed by atoms with Crippen LogP contribution in [0.1, 0.15) is 12.5 Å². The van der Waals surface area contributed by atoms with Crippen molar-refractivity contribution >= 4 is 34.8 Å². The Labute approximate surface area is 128 Å². The van der Waals surface area contributed by atoms with Crippen molar-refractivity contribution in [2.45, 2.75) is 13.5 Å². The van der Waals surface area contributed by atoms with E-state index in [-0.39, 0.29) is 0 Å². The van der Waals surface area contributed by atoms with Crippen molar-refractivity contribution in [1.29, 1.82) is 0 Å². The molecule has 0 aliphatic heterocycles. The third kappa shape index (κ3) is 3.64. The van der Waals surface area contributed by atoms with Gasteiger partial charge in [-0.05, 0) is 48.0 Å². The van der Waals surface area contributed by atoms with Crippen LogP contribution in [-0.2, 0) is 6.54 Å². The SMILES string of the molecule is CCNCc1cc(-c2cc(Cl)ccc2Cl)ccc1Cl. The molecular formula is C15H14Cl3N. The molecule has 4 heteroatoms. The molecule has 2 rings (SSSR count). The van der Waals surface area contributed by atoms with Crippen molar-refractivity contribution in [2.24, 2.45) is 0 Å². The average molecular weight is 315 g/mol. The van der Waals surface area contributed by atoms with E-state index in [1.54, 1.807) is 12.1 Å². The zero-order valence-electron chi connectivity index (χ0n) is 10.5. The molecule has 1 N–H and O–H groups in total. The van der Waals surface area contributed by atoms with Gasteiger partial charge in [-0.15, -0.1) is 0 Å². The Hall–Kier alpha value is -0.730. The molecule has 0 fully saturated rings. The van der Waals surface area contributed by atoms with Gasteiger partial charge in [0.1, 0.15) is 0 Å². The summed E-state index contributed by atoms with van der Waals surface area (Å²) in [5.74, 6) is 0. The van der Waals surface area contributed by atoms with Gasteiger partial charge in [0.25, 0.3) is 0 Å². The second-order valence-electron chi connectivity index (χ2n) is 4.21. The van der Waals surface area contributed by atoms with Crippen LogP contribution in [0.3, 0.4) is 0 Å². The van der Waals surface area contributed by atoms with Crippen molar-refractivity contribution < 1.29 is 0 Å². The smallest absolute Gasteiger partial charge is 0.0485 e. The van der Waals surface area contributed by atoms with E-state index in [1.807, 2.05) is 24.3 Å². The number of benzene rings is 2. The number of halogens is 3. The number of nitrogens with one attached hydrogen (secondary N) is 1. The first-order valence-corrected chi connectivity index (χ1v) is 7.19. The lowest BCUT2D eigenvalue weighted by atomic mass is 10.0. The highest BCUT2D eigenvalue weighted by molar-refractivity contribution is 6.35. The van der Waals surface area contributed by atoms with Gasteiger partial charge in [0, 0.05) is 27.2 Å². The predicted molar refractivity (Wildman–Crippen MR) is 84.3 cm³/mol. The molecule has 0 atom stereocenters. The molecule has 0 bridgehead atoms. The number of rotatable bonds is 4. The minimum absolute atomic E-state index is 0.669. The van der Waals surface area contributed by atoms with Gasteiger partial charge in [-0.1, -0.05) is 47.8 Å². The van der Waals surface area contributed by atoms with Gasteiger partial charge in [-0.25, -0.2) is 0 Å². The summed E-state index contributed by atoms with van der Waals surface area (Å²) >= 11 is 18.4. The van der Waals surface area contributed by atoms with Crippen LogP contribution in [0.2, 0.25) is 15.1 Å². The molecule has 0 aromatic heterocycles. The second kappa shape index (κ2) is 6.62. The zero-order chi connectivity index (χ0) is 13.8. The van der Waals surface area contributed by atoms with Crippen LogP contribution in [0.5, 0.6) is 0 Å². The normalized spacial score (nSPS) is 10.7. The highest BCUT2D eigenvalue weighted by Gasteiger charge is 2.07. The van der Waals surface area contributed by atoms with Crippen LogP contribution < -0.4 is 5.32 Å². The van der Waals surface area contributed by atoms with Gasteiger partial charge in [-0.3, -0.25) is 0 Å². The zero-order valence-corrected chi connectivity index (χ0v) is 12.8. The monoisotopic (exact) mass is 313 g/mol. The topological polar surface area (TPSA) is 12.0 Å². The first-order valence-electron chi connectivity index (χ1n) is 6.06. The Kier molecular flexibility index (Phi) is 5.12. The molecule has 0 saturated heterocycles. The van der Waals surface area contributed by atoms with Crippen molar-refractivity contribution in [1.82, 2.24) is 5.32 Å². The summed E-state index contributed by atoms with van der Waals surface area (Å²) in [6.07, 6.45) is 0. The summed E-state index contributed by atoms with van der Waals surface area (Å²) in [5, 5.41) is 5.37. The van der Waals surface area contributed by atoms with Gasteiger partial charge in [0.15, 0.2) is 0 Å². The minimum Gasteiger partial charge on any atom is -0.313 e. The van der Waals surface area contributed by atoms with Crippen LogP contribution in [-0.4, -0.2) is 6.54 Å². The summed E-state index contributed by atoms with van der Waals surface area (Å²) < 4.78 is 0. The maximum absolute atomic E-state index is 6.22. The second-order valence-corrected chi connectivity index (χ2v) is 5.46. The van der Waals surface area contributed by atoms with E-state index in [4.69, 9.17) is 34.8 Å². The largest absolute Gasteiger partial charge is 0.313 e. The fourth-order valence-electron chi connectivity index (χ4n) is 1.86. The molecule has 0 amide bonds. The molecule has 0 saturated carbocycles. The minimum atomic E-state index is 0.669. The van der Waals surface area contributed by atoms with Crippen LogP contribution in [0.4, 0.5) is 0 Å². The fourth-order valence-corrected chi connectivity index (χ4v) is 2.44. The Morgan fingerprint density at radius 3 is 2.42 bits per heavy atom. The summed E-state index contributed by atoms with van der Waals surface area (Å²) in [4.78, 5) is 0. The third-order valence-electron chi connectivity index (χ3n) is 2.85. The Bertz CT molecular complexity index is 582. The molecule has 19 heavy (non-hydrogen) atoms. The third-order valence-corrected chi connectivity index (χ3v) is 3.78. The van der Waals surface area contributed by atoms with E-state index in [9.17, 15) is 0 Å². The van der Waals surface area contributed by atoms with E-state index in [2.05, 4.69) is 12.2 Å². The highest BCUT2D eigenvalue weighted by atomic mass is 35.5. The van der Waals surface area contributed by atoms with Crippen molar-refractivity contribution in [2.75, 3.05) is 6.54 Å². The van der Waals surface area contributed by atoms with Crippen LogP contribution in [0, 0.1) is 0 Å². The van der Waals surface area contributed by atoms with Crippen molar-refractivity contribution in [3.63, 3.8) is 0 Å². The van der Waals surface area contributed by atoms with E-state index < -0.39 is 0 Å². The highest BCUT2D eigenvalue weighted by Crippen LogP contribution is 2.32. The molecule has 2 aromatic rings. The van der Waals surface area contributed by atoms with Crippen LogP contribution in [0.25, 0.3) is 11.1 Å². The van der Waals surface area contributed by atoms with Gasteiger partial charge in [0.05, 0.1) is 0 Å².